The number of carbonyl (C=O) groups excluding carboxylic acids is 1. The zero-order valence-electron chi connectivity index (χ0n) is 16.6. The second kappa shape index (κ2) is 8.53. The van der Waals surface area contributed by atoms with Gasteiger partial charge in [-0.05, 0) is 56.5 Å². The minimum absolute atomic E-state index is 0.163. The molecule has 1 aliphatic rings. The van der Waals surface area contributed by atoms with Crippen molar-refractivity contribution >= 4 is 32.3 Å². The van der Waals surface area contributed by atoms with E-state index < -0.39 is 10.0 Å². The Morgan fingerprint density at radius 3 is 2.41 bits per heavy atom. The highest BCUT2D eigenvalue weighted by molar-refractivity contribution is 7.89. The summed E-state index contributed by atoms with van der Waals surface area (Å²) < 4.78 is 32.1. The quantitative estimate of drug-likeness (QED) is 0.780. The molecule has 0 radical (unpaired) electrons. The number of anilines is 1. The fraction of sp³-hybridized carbons (Fsp3) is 0.400. The summed E-state index contributed by atoms with van der Waals surface area (Å²) in [7, 11) is -2.08. The van der Waals surface area contributed by atoms with E-state index in [2.05, 4.69) is 11.4 Å². The second-order valence-corrected chi connectivity index (χ2v) is 10.1. The van der Waals surface area contributed by atoms with Crippen molar-refractivity contribution in [3.05, 3.63) is 40.3 Å². The predicted octanol–water partition coefficient (Wildman–Crippen LogP) is 3.28. The number of amides is 1. The number of nitrogens with one attached hydrogen (secondary N) is 1. The van der Waals surface area contributed by atoms with Gasteiger partial charge in [0.25, 0.3) is 0 Å². The third-order valence-electron chi connectivity index (χ3n) is 5.26. The predicted molar refractivity (Wildman–Crippen MR) is 112 cm³/mol. The van der Waals surface area contributed by atoms with Crippen LogP contribution in [0.3, 0.4) is 0 Å². The average molecular weight is 434 g/mol. The standard InChI is InChI=1S/C20H23N3O4S2/c1-13-14(2)28-20(18(13)12-21)22-19(24)15-8-10-23(11-9-15)29(25,26)17-6-4-16(27-3)5-7-17/h4-7,15H,8-11H2,1-3H3,(H,22,24). The zero-order chi connectivity index (χ0) is 21.2. The van der Waals surface area contributed by atoms with Crippen LogP contribution in [-0.2, 0) is 14.8 Å². The number of thiophene rings is 1. The van der Waals surface area contributed by atoms with Gasteiger partial charge in [0.05, 0.1) is 17.6 Å². The average Bonchev–Trinajstić information content (AvgIpc) is 3.00. The molecule has 2 heterocycles. The van der Waals surface area contributed by atoms with Crippen LogP contribution < -0.4 is 10.1 Å². The molecule has 9 heteroatoms. The van der Waals surface area contributed by atoms with Gasteiger partial charge in [-0.3, -0.25) is 4.79 Å². The van der Waals surface area contributed by atoms with E-state index in [0.29, 0.717) is 29.2 Å². The number of carbonyl (C=O) groups is 1. The van der Waals surface area contributed by atoms with E-state index in [1.165, 1.54) is 34.9 Å². The number of methoxy groups -OCH3 is 1. The number of sulfonamides is 1. The molecule has 1 aliphatic heterocycles. The van der Waals surface area contributed by atoms with Gasteiger partial charge in [0.15, 0.2) is 0 Å². The number of hydrogen-bond acceptors (Lipinski definition) is 6. The van der Waals surface area contributed by atoms with Crippen LogP contribution in [-0.4, -0.2) is 38.8 Å². The number of piperidine rings is 1. The Hall–Kier alpha value is -2.41. The molecule has 0 aliphatic carbocycles. The summed E-state index contributed by atoms with van der Waals surface area (Å²) in [4.78, 5) is 13.9. The van der Waals surface area contributed by atoms with Crippen molar-refractivity contribution < 1.29 is 17.9 Å². The lowest BCUT2D eigenvalue weighted by molar-refractivity contribution is -0.120. The summed E-state index contributed by atoms with van der Waals surface area (Å²) in [6.45, 7) is 4.33. The number of nitriles is 1. The van der Waals surface area contributed by atoms with Crippen molar-refractivity contribution in [1.82, 2.24) is 4.31 Å². The topological polar surface area (TPSA) is 99.5 Å². The Labute approximate surface area is 175 Å². The summed E-state index contributed by atoms with van der Waals surface area (Å²) in [5.41, 5.74) is 1.38. The smallest absolute Gasteiger partial charge is 0.243 e. The molecule has 1 fully saturated rings. The maximum atomic E-state index is 12.8. The molecule has 29 heavy (non-hydrogen) atoms. The largest absolute Gasteiger partial charge is 0.497 e. The molecule has 2 aromatic rings. The normalized spacial score (nSPS) is 15.7. The Kier molecular flexibility index (Phi) is 6.27. The highest BCUT2D eigenvalue weighted by Gasteiger charge is 2.32. The van der Waals surface area contributed by atoms with Crippen LogP contribution in [0.4, 0.5) is 5.00 Å². The van der Waals surface area contributed by atoms with Gasteiger partial charge in [-0.15, -0.1) is 11.3 Å². The minimum Gasteiger partial charge on any atom is -0.497 e. The van der Waals surface area contributed by atoms with E-state index >= 15 is 0 Å². The lowest BCUT2D eigenvalue weighted by Crippen LogP contribution is -2.41. The van der Waals surface area contributed by atoms with E-state index in [1.807, 2.05) is 13.8 Å². The molecule has 1 aromatic carbocycles. The number of aryl methyl sites for hydroxylation is 1. The highest BCUT2D eigenvalue weighted by Crippen LogP contribution is 2.33. The first kappa shape index (κ1) is 21.3. The summed E-state index contributed by atoms with van der Waals surface area (Å²) in [6.07, 6.45) is 0.874. The van der Waals surface area contributed by atoms with Crippen LogP contribution in [0.1, 0.15) is 28.8 Å². The Morgan fingerprint density at radius 2 is 1.86 bits per heavy atom. The van der Waals surface area contributed by atoms with Crippen LogP contribution in [0.5, 0.6) is 5.75 Å². The van der Waals surface area contributed by atoms with E-state index in [-0.39, 0.29) is 29.8 Å². The molecule has 1 amide bonds. The van der Waals surface area contributed by atoms with E-state index in [1.54, 1.807) is 12.1 Å². The van der Waals surface area contributed by atoms with Gasteiger partial charge < -0.3 is 10.1 Å². The van der Waals surface area contributed by atoms with E-state index in [0.717, 1.165) is 10.4 Å². The molecular weight excluding hydrogens is 410 g/mol. The van der Waals surface area contributed by atoms with Crippen molar-refractivity contribution in [2.24, 2.45) is 5.92 Å². The van der Waals surface area contributed by atoms with Crippen molar-refractivity contribution in [1.29, 1.82) is 5.26 Å². The van der Waals surface area contributed by atoms with Crippen molar-refractivity contribution in [2.45, 2.75) is 31.6 Å². The van der Waals surface area contributed by atoms with Gasteiger partial charge in [-0.25, -0.2) is 8.42 Å². The Morgan fingerprint density at radius 1 is 1.24 bits per heavy atom. The number of hydrogen-bond donors (Lipinski definition) is 1. The fourth-order valence-corrected chi connectivity index (χ4v) is 5.80. The maximum absolute atomic E-state index is 12.8. The van der Waals surface area contributed by atoms with Crippen molar-refractivity contribution in [3.63, 3.8) is 0 Å². The summed E-state index contributed by atoms with van der Waals surface area (Å²) >= 11 is 1.39. The number of nitrogens with zero attached hydrogens (tertiary/aromatic N) is 2. The van der Waals surface area contributed by atoms with Crippen LogP contribution in [0.2, 0.25) is 0 Å². The Balaban J connectivity index is 1.64. The monoisotopic (exact) mass is 433 g/mol. The minimum atomic E-state index is -3.60. The number of ether oxygens (including phenoxy) is 1. The van der Waals surface area contributed by atoms with Crippen LogP contribution in [0, 0.1) is 31.1 Å². The van der Waals surface area contributed by atoms with Gasteiger partial charge in [0.1, 0.15) is 16.8 Å². The molecule has 0 unspecified atom stereocenters. The third-order valence-corrected chi connectivity index (χ3v) is 8.29. The van der Waals surface area contributed by atoms with Gasteiger partial charge in [-0.2, -0.15) is 9.57 Å². The van der Waals surface area contributed by atoms with Gasteiger partial charge >= 0.3 is 0 Å². The van der Waals surface area contributed by atoms with Crippen molar-refractivity contribution in [3.8, 4) is 11.8 Å². The lowest BCUT2D eigenvalue weighted by atomic mass is 9.97. The molecular formula is C20H23N3O4S2. The van der Waals surface area contributed by atoms with Gasteiger partial charge in [-0.1, -0.05) is 0 Å². The first-order chi connectivity index (χ1) is 13.8. The highest BCUT2D eigenvalue weighted by atomic mass is 32.2. The summed E-state index contributed by atoms with van der Waals surface area (Å²) in [5, 5.41) is 12.8. The molecule has 0 bridgehead atoms. The van der Waals surface area contributed by atoms with E-state index in [9.17, 15) is 18.5 Å². The molecule has 0 spiro atoms. The fourth-order valence-electron chi connectivity index (χ4n) is 3.32. The number of benzene rings is 1. The van der Waals surface area contributed by atoms with Crippen LogP contribution >= 0.6 is 11.3 Å². The maximum Gasteiger partial charge on any atom is 0.243 e. The van der Waals surface area contributed by atoms with E-state index in [4.69, 9.17) is 4.74 Å². The molecule has 1 saturated heterocycles. The van der Waals surface area contributed by atoms with Crippen LogP contribution in [0.25, 0.3) is 0 Å². The first-order valence-corrected chi connectivity index (χ1v) is 11.5. The van der Waals surface area contributed by atoms with Gasteiger partial charge in [0, 0.05) is 23.9 Å². The first-order valence-electron chi connectivity index (χ1n) is 9.23. The SMILES string of the molecule is COc1ccc(S(=O)(=O)N2CCC(C(=O)Nc3sc(C)c(C)c3C#N)CC2)cc1. The molecule has 154 valence electrons. The Bertz CT molecular complexity index is 1040. The van der Waals surface area contributed by atoms with Gasteiger partial charge in [0.2, 0.25) is 15.9 Å². The molecule has 0 saturated carbocycles. The molecule has 7 nitrogen and oxygen atoms in total. The zero-order valence-corrected chi connectivity index (χ0v) is 18.2. The van der Waals surface area contributed by atoms with Crippen molar-refractivity contribution in [2.75, 3.05) is 25.5 Å². The summed E-state index contributed by atoms with van der Waals surface area (Å²) in [5.74, 6) is 0.144. The number of rotatable bonds is 5. The summed E-state index contributed by atoms with van der Waals surface area (Å²) in [6, 6.07) is 8.43. The lowest BCUT2D eigenvalue weighted by Gasteiger charge is -2.30. The molecule has 0 atom stereocenters. The molecule has 1 aromatic heterocycles. The molecule has 1 N–H and O–H groups in total. The van der Waals surface area contributed by atoms with Crippen LogP contribution in [0.15, 0.2) is 29.2 Å². The third kappa shape index (κ3) is 4.29. The molecule has 3 rings (SSSR count). The second-order valence-electron chi connectivity index (χ2n) is 6.94.